The zero-order valence-electron chi connectivity index (χ0n) is 20.1. The van der Waals surface area contributed by atoms with Crippen molar-refractivity contribution >= 4 is 23.6 Å². The van der Waals surface area contributed by atoms with Crippen LogP contribution in [0.4, 0.5) is 10.5 Å². The predicted molar refractivity (Wildman–Crippen MR) is 130 cm³/mol. The molecule has 2 aromatic carbocycles. The quantitative estimate of drug-likeness (QED) is 0.545. The molecule has 0 saturated heterocycles. The molecule has 0 aliphatic heterocycles. The molecule has 0 bridgehead atoms. The Labute approximate surface area is 200 Å². The first-order chi connectivity index (χ1) is 16.0. The second-order valence-electron chi connectivity index (χ2n) is 8.77. The number of nitrogens with zero attached hydrogens (tertiary/aromatic N) is 1. The molecule has 0 spiro atoms. The number of aryl methyl sites for hydroxylation is 1. The SMILES string of the molecule is C#Cc1ccccc1C(C(=O)Nc1ccccc1C)N(C)C(=O)C(CO)NC(=O)OC(C)(C)C. The van der Waals surface area contributed by atoms with Crippen LogP contribution in [0.15, 0.2) is 48.5 Å². The third-order valence-corrected chi connectivity index (χ3v) is 4.97. The summed E-state index contributed by atoms with van der Waals surface area (Å²) in [6.45, 7) is 6.19. The van der Waals surface area contributed by atoms with Crippen molar-refractivity contribution in [2.75, 3.05) is 19.0 Å². The molecule has 0 saturated carbocycles. The highest BCUT2D eigenvalue weighted by Gasteiger charge is 2.35. The Hall–Kier alpha value is -3.83. The van der Waals surface area contributed by atoms with Crippen molar-refractivity contribution in [1.82, 2.24) is 10.2 Å². The van der Waals surface area contributed by atoms with Crippen LogP contribution >= 0.6 is 0 Å². The van der Waals surface area contributed by atoms with Gasteiger partial charge in [0.05, 0.1) is 6.61 Å². The molecule has 8 heteroatoms. The lowest BCUT2D eigenvalue weighted by molar-refractivity contribution is -0.139. The summed E-state index contributed by atoms with van der Waals surface area (Å²) in [5, 5.41) is 15.0. The Kier molecular flexibility index (Phi) is 8.82. The summed E-state index contributed by atoms with van der Waals surface area (Å²) in [6, 6.07) is 11.6. The number of terminal acetylenes is 1. The molecule has 3 N–H and O–H groups in total. The number of carbonyl (C=O) groups excluding carboxylic acids is 3. The normalized spacial score (nSPS) is 12.6. The topological polar surface area (TPSA) is 108 Å². The van der Waals surface area contributed by atoms with E-state index < -0.39 is 42.2 Å². The number of carbonyl (C=O) groups is 3. The number of anilines is 1. The van der Waals surface area contributed by atoms with E-state index in [4.69, 9.17) is 11.2 Å². The minimum Gasteiger partial charge on any atom is -0.444 e. The average molecular weight is 466 g/mol. The van der Waals surface area contributed by atoms with E-state index in [0.29, 0.717) is 16.8 Å². The molecule has 0 heterocycles. The van der Waals surface area contributed by atoms with Gasteiger partial charge in [0.15, 0.2) is 0 Å². The molecule has 0 aliphatic rings. The number of hydrogen-bond donors (Lipinski definition) is 3. The van der Waals surface area contributed by atoms with Gasteiger partial charge in [0.25, 0.3) is 5.91 Å². The maximum atomic E-state index is 13.5. The number of para-hydroxylation sites is 1. The monoisotopic (exact) mass is 465 g/mol. The minimum atomic E-state index is -1.33. The first-order valence-corrected chi connectivity index (χ1v) is 10.8. The van der Waals surface area contributed by atoms with Gasteiger partial charge in [0.2, 0.25) is 5.91 Å². The van der Waals surface area contributed by atoms with Gasteiger partial charge in [0.1, 0.15) is 17.7 Å². The van der Waals surface area contributed by atoms with Crippen molar-refractivity contribution in [1.29, 1.82) is 0 Å². The van der Waals surface area contributed by atoms with Crippen molar-refractivity contribution in [2.24, 2.45) is 0 Å². The summed E-state index contributed by atoms with van der Waals surface area (Å²) < 4.78 is 5.18. The maximum Gasteiger partial charge on any atom is 0.408 e. The largest absolute Gasteiger partial charge is 0.444 e. The van der Waals surface area contributed by atoms with E-state index in [1.54, 1.807) is 57.2 Å². The number of hydrogen-bond acceptors (Lipinski definition) is 5. The molecule has 2 aromatic rings. The van der Waals surface area contributed by atoms with Crippen LogP contribution in [0.2, 0.25) is 0 Å². The van der Waals surface area contributed by atoms with Crippen LogP contribution in [0.5, 0.6) is 0 Å². The Morgan fingerprint density at radius 1 is 1.12 bits per heavy atom. The molecular formula is C26H31N3O5. The Bertz CT molecular complexity index is 1080. The fraction of sp³-hybridized carbons (Fsp3) is 0.346. The van der Waals surface area contributed by atoms with Crippen LogP contribution in [-0.2, 0) is 14.3 Å². The van der Waals surface area contributed by atoms with Gasteiger partial charge in [-0.05, 0) is 51.0 Å². The fourth-order valence-electron chi connectivity index (χ4n) is 3.32. The van der Waals surface area contributed by atoms with E-state index in [9.17, 15) is 19.5 Å². The van der Waals surface area contributed by atoms with Crippen LogP contribution in [0.1, 0.15) is 43.5 Å². The number of amides is 3. The number of rotatable bonds is 7. The van der Waals surface area contributed by atoms with Crippen molar-refractivity contribution < 1.29 is 24.2 Å². The number of aliphatic hydroxyl groups excluding tert-OH is 1. The summed E-state index contributed by atoms with van der Waals surface area (Å²) in [5.74, 6) is 1.36. The number of nitrogens with one attached hydrogen (secondary N) is 2. The Morgan fingerprint density at radius 2 is 1.74 bits per heavy atom. The van der Waals surface area contributed by atoms with Crippen LogP contribution < -0.4 is 10.6 Å². The minimum absolute atomic E-state index is 0.431. The van der Waals surface area contributed by atoms with Gasteiger partial charge < -0.3 is 25.4 Å². The molecule has 2 unspecified atom stereocenters. The first kappa shape index (κ1) is 26.4. The van der Waals surface area contributed by atoms with Crippen LogP contribution in [0.25, 0.3) is 0 Å². The average Bonchev–Trinajstić information content (AvgIpc) is 2.77. The highest BCUT2D eigenvalue weighted by atomic mass is 16.6. The zero-order chi connectivity index (χ0) is 25.5. The third kappa shape index (κ3) is 6.83. The van der Waals surface area contributed by atoms with E-state index >= 15 is 0 Å². The molecule has 34 heavy (non-hydrogen) atoms. The summed E-state index contributed by atoms with van der Waals surface area (Å²) in [4.78, 5) is 40.1. The molecule has 0 aromatic heterocycles. The van der Waals surface area contributed by atoms with Gasteiger partial charge in [0, 0.05) is 18.3 Å². The summed E-state index contributed by atoms with van der Waals surface area (Å²) in [6.07, 6.45) is 4.79. The van der Waals surface area contributed by atoms with E-state index in [2.05, 4.69) is 16.6 Å². The smallest absolute Gasteiger partial charge is 0.408 e. The molecular weight excluding hydrogens is 434 g/mol. The molecule has 0 fully saturated rings. The van der Waals surface area contributed by atoms with Gasteiger partial charge in [-0.3, -0.25) is 9.59 Å². The summed E-state index contributed by atoms with van der Waals surface area (Å²) >= 11 is 0. The lowest BCUT2D eigenvalue weighted by Gasteiger charge is -2.31. The standard InChI is InChI=1S/C26H31N3O5/c1-7-18-13-9-10-14-19(18)22(23(31)27-20-15-11-8-12-17(20)2)29(6)24(32)21(16-30)28-25(33)34-26(3,4)5/h1,8-15,21-22,30H,16H2,2-6H3,(H,27,31)(H,28,33). The highest BCUT2D eigenvalue weighted by Crippen LogP contribution is 2.26. The Morgan fingerprint density at radius 3 is 2.32 bits per heavy atom. The number of alkyl carbamates (subject to hydrolysis) is 1. The van der Waals surface area contributed by atoms with Crippen molar-refractivity contribution in [2.45, 2.75) is 45.4 Å². The molecule has 0 radical (unpaired) electrons. The predicted octanol–water partition coefficient (Wildman–Crippen LogP) is 3.00. The first-order valence-electron chi connectivity index (χ1n) is 10.8. The van der Waals surface area contributed by atoms with E-state index in [0.717, 1.165) is 10.5 Å². The van der Waals surface area contributed by atoms with Crippen LogP contribution in [-0.4, -0.2) is 53.2 Å². The lowest BCUT2D eigenvalue weighted by atomic mass is 9.98. The van der Waals surface area contributed by atoms with Gasteiger partial charge in [-0.25, -0.2) is 4.79 Å². The second kappa shape index (κ2) is 11.3. The van der Waals surface area contributed by atoms with E-state index in [1.807, 2.05) is 19.1 Å². The number of benzene rings is 2. The molecule has 8 nitrogen and oxygen atoms in total. The van der Waals surface area contributed by atoms with Gasteiger partial charge in [-0.15, -0.1) is 6.42 Å². The van der Waals surface area contributed by atoms with E-state index in [1.165, 1.54) is 7.05 Å². The second-order valence-corrected chi connectivity index (χ2v) is 8.77. The van der Waals surface area contributed by atoms with Gasteiger partial charge in [-0.2, -0.15) is 0 Å². The molecule has 3 amide bonds. The van der Waals surface area contributed by atoms with Crippen molar-refractivity contribution in [3.63, 3.8) is 0 Å². The number of likely N-dealkylation sites (N-methyl/N-ethyl adjacent to an activating group) is 1. The third-order valence-electron chi connectivity index (χ3n) is 4.97. The Balaban J connectivity index is 2.40. The van der Waals surface area contributed by atoms with Crippen molar-refractivity contribution in [3.05, 3.63) is 65.2 Å². The van der Waals surface area contributed by atoms with E-state index in [-0.39, 0.29) is 0 Å². The number of ether oxygens (including phenoxy) is 1. The maximum absolute atomic E-state index is 13.5. The van der Waals surface area contributed by atoms with Crippen molar-refractivity contribution in [3.8, 4) is 12.3 Å². The highest BCUT2D eigenvalue weighted by molar-refractivity contribution is 5.99. The van der Waals surface area contributed by atoms with Gasteiger partial charge in [-0.1, -0.05) is 42.3 Å². The fourth-order valence-corrected chi connectivity index (χ4v) is 3.32. The molecule has 180 valence electrons. The lowest BCUT2D eigenvalue weighted by Crippen LogP contribution is -2.52. The van der Waals surface area contributed by atoms with Gasteiger partial charge >= 0.3 is 6.09 Å². The zero-order valence-corrected chi connectivity index (χ0v) is 20.1. The molecule has 0 aliphatic carbocycles. The molecule has 2 rings (SSSR count). The van der Waals surface area contributed by atoms with Crippen LogP contribution in [0, 0.1) is 19.3 Å². The summed E-state index contributed by atoms with van der Waals surface area (Å²) in [7, 11) is 1.41. The van der Waals surface area contributed by atoms with Crippen LogP contribution in [0.3, 0.4) is 0 Å². The summed E-state index contributed by atoms with van der Waals surface area (Å²) in [5.41, 5.74) is 1.50. The number of aliphatic hydroxyl groups is 1. The molecule has 2 atom stereocenters.